The van der Waals surface area contributed by atoms with Crippen molar-refractivity contribution < 1.29 is 32.2 Å². The van der Waals surface area contributed by atoms with Crippen LogP contribution in [0.1, 0.15) is 56.3 Å². The summed E-state index contributed by atoms with van der Waals surface area (Å²) in [5.41, 5.74) is 0.853. The highest BCUT2D eigenvalue weighted by atomic mass is 19.4. The van der Waals surface area contributed by atoms with Crippen LogP contribution in [-0.2, 0) is 9.53 Å². The Morgan fingerprint density at radius 1 is 1.19 bits per heavy atom. The zero-order valence-electron chi connectivity index (χ0n) is 21.6. The highest BCUT2D eigenvalue weighted by Crippen LogP contribution is 2.30. The number of benzene rings is 1. The molecule has 202 valence electrons. The van der Waals surface area contributed by atoms with Gasteiger partial charge in [-0.15, -0.1) is 0 Å². The zero-order valence-corrected chi connectivity index (χ0v) is 21.6. The van der Waals surface area contributed by atoms with Crippen LogP contribution in [0.4, 0.5) is 18.9 Å². The van der Waals surface area contributed by atoms with Crippen molar-refractivity contribution in [3.05, 3.63) is 23.8 Å². The first-order valence-corrected chi connectivity index (χ1v) is 12.6. The molecule has 1 saturated carbocycles. The van der Waals surface area contributed by atoms with Gasteiger partial charge in [-0.3, -0.25) is 14.5 Å². The molecule has 0 bridgehead atoms. The number of rotatable bonds is 5. The molecule has 36 heavy (non-hydrogen) atoms. The Balaban J connectivity index is 1.87. The molecule has 1 N–H and O–H groups in total. The fraction of sp³-hybridized carbons (Fsp3) is 0.692. The molecule has 7 nitrogen and oxygen atoms in total. The van der Waals surface area contributed by atoms with Crippen molar-refractivity contribution in [1.82, 2.24) is 9.80 Å². The zero-order chi connectivity index (χ0) is 26.5. The van der Waals surface area contributed by atoms with Gasteiger partial charge in [-0.1, -0.05) is 19.8 Å². The lowest BCUT2D eigenvalue weighted by molar-refractivity contribution is -0.140. The summed E-state index contributed by atoms with van der Waals surface area (Å²) in [7, 11) is 3.21. The van der Waals surface area contributed by atoms with Crippen LogP contribution in [0.2, 0.25) is 0 Å². The van der Waals surface area contributed by atoms with Crippen LogP contribution in [0, 0.1) is 11.8 Å². The van der Waals surface area contributed by atoms with Crippen LogP contribution in [0.5, 0.6) is 5.75 Å². The summed E-state index contributed by atoms with van der Waals surface area (Å²) in [5.74, 6) is -0.146. The maximum atomic E-state index is 13.3. The summed E-state index contributed by atoms with van der Waals surface area (Å²) in [6, 6.07) is 4.59. The van der Waals surface area contributed by atoms with Gasteiger partial charge in [0.1, 0.15) is 12.4 Å². The molecule has 1 aromatic rings. The summed E-state index contributed by atoms with van der Waals surface area (Å²) in [6.45, 7) is 4.30. The molecule has 1 aliphatic heterocycles. The maximum Gasteiger partial charge on any atom is 0.390 e. The molecule has 2 amide bonds. The molecule has 1 fully saturated rings. The summed E-state index contributed by atoms with van der Waals surface area (Å²) < 4.78 is 50.7. The number of hydrogen-bond acceptors (Lipinski definition) is 5. The molecule has 0 aromatic heterocycles. The average Bonchev–Trinajstić information content (AvgIpc) is 3.37. The molecule has 0 saturated heterocycles. The molecule has 2 aliphatic rings. The molecular weight excluding hydrogens is 475 g/mol. The van der Waals surface area contributed by atoms with Gasteiger partial charge in [0.05, 0.1) is 18.1 Å². The van der Waals surface area contributed by atoms with E-state index in [0.717, 1.165) is 25.7 Å². The van der Waals surface area contributed by atoms with Crippen LogP contribution in [0.15, 0.2) is 18.2 Å². The van der Waals surface area contributed by atoms with Gasteiger partial charge in [-0.2, -0.15) is 13.2 Å². The topological polar surface area (TPSA) is 71.1 Å². The number of carbonyl (C=O) groups excluding carboxylic acids is 2. The number of halogens is 3. The first kappa shape index (κ1) is 28.2. The number of likely N-dealkylation sites (N-methyl/N-ethyl adjacent to an activating group) is 1. The predicted octanol–water partition coefficient (Wildman–Crippen LogP) is 4.57. The Hall–Kier alpha value is -2.33. The van der Waals surface area contributed by atoms with Crippen molar-refractivity contribution in [2.24, 2.45) is 11.8 Å². The average molecular weight is 514 g/mol. The van der Waals surface area contributed by atoms with E-state index in [1.165, 1.54) is 4.90 Å². The third-order valence-corrected chi connectivity index (χ3v) is 7.25. The van der Waals surface area contributed by atoms with E-state index < -0.39 is 12.6 Å². The van der Waals surface area contributed by atoms with E-state index >= 15 is 0 Å². The highest BCUT2D eigenvalue weighted by Gasteiger charge is 2.32. The summed E-state index contributed by atoms with van der Waals surface area (Å²) in [5, 5.41) is 2.93. The Labute approximate surface area is 211 Å². The number of alkyl halides is 3. The van der Waals surface area contributed by atoms with E-state index in [9.17, 15) is 22.8 Å². The van der Waals surface area contributed by atoms with Crippen molar-refractivity contribution in [2.45, 2.75) is 64.3 Å². The number of amides is 2. The van der Waals surface area contributed by atoms with E-state index in [1.807, 2.05) is 13.8 Å². The van der Waals surface area contributed by atoms with Gasteiger partial charge in [0.15, 0.2) is 0 Å². The van der Waals surface area contributed by atoms with E-state index in [-0.39, 0.29) is 55.5 Å². The lowest BCUT2D eigenvalue weighted by atomic mass is 10.0. The Morgan fingerprint density at radius 3 is 2.53 bits per heavy atom. The molecule has 0 unspecified atom stereocenters. The Morgan fingerprint density at radius 2 is 1.89 bits per heavy atom. The minimum atomic E-state index is -4.26. The predicted molar refractivity (Wildman–Crippen MR) is 131 cm³/mol. The van der Waals surface area contributed by atoms with E-state index in [4.69, 9.17) is 9.47 Å². The SMILES string of the molecule is CO[C@@H]1CN(C)C(=O)c2ccc(NC(=O)C3CCCC3)cc2OC[C@@H](C)N(CCC(F)(F)F)C[C@@H]1C. The number of methoxy groups -OCH3 is 1. The second kappa shape index (κ2) is 12.3. The molecule has 10 heteroatoms. The van der Waals surface area contributed by atoms with Gasteiger partial charge in [0.2, 0.25) is 5.91 Å². The number of fused-ring (bicyclic) bond motifs is 1. The second-order valence-corrected chi connectivity index (χ2v) is 10.1. The van der Waals surface area contributed by atoms with Crippen LogP contribution < -0.4 is 10.1 Å². The number of ether oxygens (including phenoxy) is 2. The van der Waals surface area contributed by atoms with Gasteiger partial charge in [-0.05, 0) is 37.8 Å². The van der Waals surface area contributed by atoms with Gasteiger partial charge in [0.25, 0.3) is 5.91 Å². The summed E-state index contributed by atoms with van der Waals surface area (Å²) >= 11 is 0. The third kappa shape index (κ3) is 7.59. The smallest absolute Gasteiger partial charge is 0.390 e. The standard InChI is InChI=1S/C26H38F3N3O4/c1-17-14-32(12-11-26(27,28)29)18(2)16-36-22-13-20(30-24(33)19-7-5-6-8-19)9-10-21(22)25(34)31(3)15-23(17)35-4/h9-10,13,17-19,23H,5-8,11-12,14-16H2,1-4H3,(H,30,33)/t17-,18+,23+/m0/s1. The summed E-state index contributed by atoms with van der Waals surface area (Å²) in [6.07, 6.45) is -1.74. The Bertz CT molecular complexity index is 905. The highest BCUT2D eigenvalue weighted by molar-refractivity contribution is 5.98. The first-order valence-electron chi connectivity index (χ1n) is 12.6. The second-order valence-electron chi connectivity index (χ2n) is 10.1. The molecule has 0 spiro atoms. The monoisotopic (exact) mass is 513 g/mol. The van der Waals surface area contributed by atoms with Crippen molar-refractivity contribution in [1.29, 1.82) is 0 Å². The van der Waals surface area contributed by atoms with Crippen molar-refractivity contribution in [2.75, 3.05) is 45.7 Å². The fourth-order valence-corrected chi connectivity index (χ4v) is 4.94. The molecule has 0 radical (unpaired) electrons. The minimum absolute atomic E-state index is 0.0187. The normalized spacial score (nSPS) is 25.0. The Kier molecular flexibility index (Phi) is 9.63. The number of nitrogens with zero attached hydrogens (tertiary/aromatic N) is 2. The molecular formula is C26H38F3N3O4. The van der Waals surface area contributed by atoms with Crippen LogP contribution >= 0.6 is 0 Å². The molecule has 1 heterocycles. The molecule has 1 aliphatic carbocycles. The lowest BCUT2D eigenvalue weighted by Gasteiger charge is -2.36. The largest absolute Gasteiger partial charge is 0.491 e. The van der Waals surface area contributed by atoms with Crippen LogP contribution in [0.3, 0.4) is 0 Å². The number of anilines is 1. The molecule has 3 rings (SSSR count). The quantitative estimate of drug-likeness (QED) is 0.625. The minimum Gasteiger partial charge on any atom is -0.491 e. The van der Waals surface area contributed by atoms with E-state index in [0.29, 0.717) is 23.5 Å². The van der Waals surface area contributed by atoms with Gasteiger partial charge >= 0.3 is 6.18 Å². The van der Waals surface area contributed by atoms with Gasteiger partial charge in [-0.25, -0.2) is 0 Å². The lowest BCUT2D eigenvalue weighted by Crippen LogP contribution is -2.47. The van der Waals surface area contributed by atoms with Gasteiger partial charge in [0, 0.05) is 57.5 Å². The van der Waals surface area contributed by atoms with E-state index in [1.54, 1.807) is 37.3 Å². The van der Waals surface area contributed by atoms with Crippen LogP contribution in [0.25, 0.3) is 0 Å². The van der Waals surface area contributed by atoms with Crippen LogP contribution in [-0.4, -0.2) is 80.3 Å². The third-order valence-electron chi connectivity index (χ3n) is 7.25. The molecule has 1 aromatic carbocycles. The molecule has 3 atom stereocenters. The number of carbonyl (C=O) groups is 2. The van der Waals surface area contributed by atoms with E-state index in [2.05, 4.69) is 5.32 Å². The fourth-order valence-electron chi connectivity index (χ4n) is 4.94. The number of nitrogens with one attached hydrogen (secondary N) is 1. The maximum absolute atomic E-state index is 13.3. The summed E-state index contributed by atoms with van der Waals surface area (Å²) in [4.78, 5) is 29.2. The first-order chi connectivity index (χ1) is 17.0. The van der Waals surface area contributed by atoms with Crippen molar-refractivity contribution >= 4 is 17.5 Å². The van der Waals surface area contributed by atoms with Gasteiger partial charge < -0.3 is 19.7 Å². The number of hydrogen-bond donors (Lipinski definition) is 1. The van der Waals surface area contributed by atoms with Crippen molar-refractivity contribution in [3.8, 4) is 5.75 Å². The van der Waals surface area contributed by atoms with Crippen molar-refractivity contribution in [3.63, 3.8) is 0 Å².